The predicted molar refractivity (Wildman–Crippen MR) is 61.1 cm³/mol. The van der Waals surface area contributed by atoms with Crippen molar-refractivity contribution in [1.29, 1.82) is 0 Å². The molecule has 0 aromatic rings. The van der Waals surface area contributed by atoms with Gasteiger partial charge in [0, 0.05) is 13.2 Å². The molecule has 0 atom stereocenters. The van der Waals surface area contributed by atoms with E-state index in [2.05, 4.69) is 13.8 Å². The molecule has 0 heterocycles. The molecule has 0 aromatic carbocycles. The number of hydrogen-bond donors (Lipinski definition) is 0. The van der Waals surface area contributed by atoms with Gasteiger partial charge in [-0.2, -0.15) is 0 Å². The molecule has 0 amide bonds. The quantitative estimate of drug-likeness (QED) is 0.467. The molecule has 5 heteroatoms. The summed E-state index contributed by atoms with van der Waals surface area (Å²) in [7, 11) is 0. The molecule has 0 spiro atoms. The Kier molecular flexibility index (Phi) is 20.8. The van der Waals surface area contributed by atoms with E-state index in [0.29, 0.717) is 45.5 Å². The maximum atomic E-state index is 6.84. The fourth-order valence-electron chi connectivity index (χ4n) is 0.933. The Hall–Kier alpha value is 1.65. The maximum absolute atomic E-state index is 6.84. The zero-order valence-corrected chi connectivity index (χ0v) is 15.9. The van der Waals surface area contributed by atoms with Crippen molar-refractivity contribution in [3.05, 3.63) is 5.73 Å². The molecule has 1 N–H and O–H groups in total. The second-order valence-corrected chi connectivity index (χ2v) is 3.77. The molecular formula is C11H24NO3Rb. The van der Waals surface area contributed by atoms with Crippen molar-refractivity contribution in [2.45, 2.75) is 20.3 Å². The van der Waals surface area contributed by atoms with E-state index in [9.17, 15) is 0 Å². The summed E-state index contributed by atoms with van der Waals surface area (Å²) in [5, 5.41) is 0. The van der Waals surface area contributed by atoms with Crippen molar-refractivity contribution >= 4 is 0 Å². The Morgan fingerprint density at radius 3 is 1.69 bits per heavy atom. The average molecular weight is 304 g/mol. The molecule has 0 aliphatic carbocycles. The monoisotopic (exact) mass is 303 g/mol. The van der Waals surface area contributed by atoms with Gasteiger partial charge in [0.1, 0.15) is 0 Å². The summed E-state index contributed by atoms with van der Waals surface area (Å²) < 4.78 is 15.7. The maximum Gasteiger partial charge on any atom is 1.00 e. The second kappa shape index (κ2) is 16.6. The summed E-state index contributed by atoms with van der Waals surface area (Å²) in [6.07, 6.45) is 1.10. The number of hydrogen-bond acceptors (Lipinski definition) is 3. The van der Waals surface area contributed by atoms with Gasteiger partial charge < -0.3 is 19.9 Å². The third kappa shape index (κ3) is 18.0. The van der Waals surface area contributed by atoms with E-state index in [0.717, 1.165) is 13.0 Å². The van der Waals surface area contributed by atoms with Gasteiger partial charge in [-0.3, -0.25) is 0 Å². The molecule has 0 aliphatic heterocycles. The Bertz CT molecular complexity index is 126. The summed E-state index contributed by atoms with van der Waals surface area (Å²) in [5.74, 6) is 0.698. The zero-order chi connectivity index (χ0) is 11.4. The van der Waals surface area contributed by atoms with Crippen molar-refractivity contribution in [1.82, 2.24) is 0 Å². The normalized spacial score (nSPS) is 10.5. The van der Waals surface area contributed by atoms with E-state index < -0.39 is 0 Å². The topological polar surface area (TPSA) is 51.5 Å². The van der Waals surface area contributed by atoms with Crippen LogP contribution >= 0.6 is 0 Å². The van der Waals surface area contributed by atoms with Crippen LogP contribution in [0.3, 0.4) is 0 Å². The van der Waals surface area contributed by atoms with Gasteiger partial charge in [-0.25, -0.2) is 0 Å². The van der Waals surface area contributed by atoms with Crippen LogP contribution in [-0.2, 0) is 14.2 Å². The number of nitrogens with one attached hydrogen (secondary N) is 1. The summed E-state index contributed by atoms with van der Waals surface area (Å²) >= 11 is 0. The van der Waals surface area contributed by atoms with E-state index in [-0.39, 0.29) is 58.2 Å². The van der Waals surface area contributed by atoms with Crippen molar-refractivity contribution in [2.75, 3.05) is 46.2 Å². The first-order chi connectivity index (χ1) is 7.27. The average Bonchev–Trinajstić information content (AvgIpc) is 2.20. The van der Waals surface area contributed by atoms with Gasteiger partial charge in [0.15, 0.2) is 0 Å². The van der Waals surface area contributed by atoms with Gasteiger partial charge in [0.2, 0.25) is 0 Å². The smallest absolute Gasteiger partial charge is 0.676 e. The van der Waals surface area contributed by atoms with Gasteiger partial charge >= 0.3 is 58.2 Å². The van der Waals surface area contributed by atoms with E-state index in [4.69, 9.17) is 19.9 Å². The van der Waals surface area contributed by atoms with E-state index in [1.165, 1.54) is 0 Å². The molecule has 0 aliphatic rings. The van der Waals surface area contributed by atoms with Crippen LogP contribution in [-0.4, -0.2) is 46.2 Å². The molecule has 0 unspecified atom stereocenters. The third-order valence-corrected chi connectivity index (χ3v) is 1.83. The fraction of sp³-hybridized carbons (Fsp3) is 1.00. The molecule has 0 saturated heterocycles. The Labute approximate surface area is 148 Å². The van der Waals surface area contributed by atoms with Gasteiger partial charge in [-0.1, -0.05) is 13.8 Å². The van der Waals surface area contributed by atoms with E-state index >= 15 is 0 Å². The molecule has 0 bridgehead atoms. The Balaban J connectivity index is 0. The minimum absolute atomic E-state index is 0. The molecule has 4 nitrogen and oxygen atoms in total. The number of ether oxygens (including phenoxy) is 3. The van der Waals surface area contributed by atoms with Crippen LogP contribution in [0.15, 0.2) is 0 Å². The largest absolute Gasteiger partial charge is 1.00 e. The zero-order valence-electron chi connectivity index (χ0n) is 11.0. The van der Waals surface area contributed by atoms with Crippen molar-refractivity contribution < 1.29 is 72.4 Å². The third-order valence-electron chi connectivity index (χ3n) is 1.83. The molecule has 92 valence electrons. The molecule has 0 aromatic heterocycles. The van der Waals surface area contributed by atoms with Crippen LogP contribution < -0.4 is 58.2 Å². The first kappa shape index (κ1) is 20.0. The van der Waals surface area contributed by atoms with Crippen LogP contribution in [0, 0.1) is 5.92 Å². The first-order valence-corrected chi connectivity index (χ1v) is 5.65. The van der Waals surface area contributed by atoms with Gasteiger partial charge in [-0.15, -0.1) is 6.54 Å². The van der Waals surface area contributed by atoms with Crippen LogP contribution in [0.25, 0.3) is 5.73 Å². The standard InChI is InChI=1S/C11H24NO3.Rb/c1-11(2)3-5-13-7-9-15-10-8-14-6-4-12;/h11-12H,3-10H2,1-2H3;/q-1;+1. The summed E-state index contributed by atoms with van der Waals surface area (Å²) in [4.78, 5) is 0. The molecule has 0 rings (SSSR count). The minimum atomic E-state index is 0. The van der Waals surface area contributed by atoms with Crippen LogP contribution in [0.4, 0.5) is 0 Å². The molecule has 0 fully saturated rings. The van der Waals surface area contributed by atoms with Crippen LogP contribution in [0.1, 0.15) is 20.3 Å². The van der Waals surface area contributed by atoms with Crippen LogP contribution in [0.2, 0.25) is 0 Å². The van der Waals surface area contributed by atoms with Crippen LogP contribution in [0.5, 0.6) is 0 Å². The van der Waals surface area contributed by atoms with Gasteiger partial charge in [0.05, 0.1) is 26.4 Å². The summed E-state index contributed by atoms with van der Waals surface area (Å²) in [6, 6.07) is 0. The SMILES string of the molecule is CC(C)CCOCCOCCOCC[NH-].[Rb+]. The summed E-state index contributed by atoms with van der Waals surface area (Å²) in [6.45, 7) is 8.45. The molecule has 16 heavy (non-hydrogen) atoms. The minimum Gasteiger partial charge on any atom is -0.676 e. The Morgan fingerprint density at radius 1 is 0.812 bits per heavy atom. The first-order valence-electron chi connectivity index (χ1n) is 5.65. The summed E-state index contributed by atoms with van der Waals surface area (Å²) in [5.41, 5.74) is 6.84. The van der Waals surface area contributed by atoms with Gasteiger partial charge in [-0.05, 0) is 12.3 Å². The van der Waals surface area contributed by atoms with E-state index in [1.54, 1.807) is 0 Å². The second-order valence-electron chi connectivity index (χ2n) is 3.77. The van der Waals surface area contributed by atoms with E-state index in [1.807, 2.05) is 0 Å². The molecule has 0 saturated carbocycles. The Morgan fingerprint density at radius 2 is 1.25 bits per heavy atom. The van der Waals surface area contributed by atoms with Crippen molar-refractivity contribution in [3.63, 3.8) is 0 Å². The number of rotatable bonds is 11. The molecular weight excluding hydrogens is 280 g/mol. The fourth-order valence-corrected chi connectivity index (χ4v) is 0.933. The van der Waals surface area contributed by atoms with Crippen molar-refractivity contribution in [2.24, 2.45) is 5.92 Å². The van der Waals surface area contributed by atoms with Gasteiger partial charge in [0.25, 0.3) is 0 Å². The molecule has 0 radical (unpaired) electrons. The van der Waals surface area contributed by atoms with Crippen molar-refractivity contribution in [3.8, 4) is 0 Å². The predicted octanol–water partition coefficient (Wildman–Crippen LogP) is -0.861.